The van der Waals surface area contributed by atoms with Crippen LogP contribution in [0.1, 0.15) is 35.9 Å². The summed E-state index contributed by atoms with van der Waals surface area (Å²) >= 11 is 6.61. The standard InChI is InChI=1S/C12H17ClN2O3S/c1-2-3-9(6-7-13)8-14-12(16)10-4-5-11(19-10)15(17)18/h4-5,9H,2-3,6-8H2,1H3,(H,14,16). The minimum absolute atomic E-state index is 0.0176. The highest BCUT2D eigenvalue weighted by atomic mass is 35.5. The molecule has 19 heavy (non-hydrogen) atoms. The Kier molecular flexibility index (Phi) is 6.80. The number of alkyl halides is 1. The number of halogens is 1. The number of nitrogens with zero attached hydrogens (tertiary/aromatic N) is 1. The number of nitrogens with one attached hydrogen (secondary N) is 1. The molecule has 0 aliphatic rings. The Morgan fingerprint density at radius 3 is 2.79 bits per heavy atom. The first kappa shape index (κ1) is 15.9. The second-order valence-electron chi connectivity index (χ2n) is 4.24. The maximum Gasteiger partial charge on any atom is 0.324 e. The van der Waals surface area contributed by atoms with Crippen molar-refractivity contribution in [3.8, 4) is 0 Å². The Bertz CT molecular complexity index is 430. The molecule has 0 saturated carbocycles. The van der Waals surface area contributed by atoms with E-state index in [1.807, 2.05) is 0 Å². The van der Waals surface area contributed by atoms with Gasteiger partial charge in [0, 0.05) is 18.5 Å². The molecule has 1 atom stereocenters. The average molecular weight is 305 g/mol. The van der Waals surface area contributed by atoms with Crippen molar-refractivity contribution in [2.75, 3.05) is 12.4 Å². The van der Waals surface area contributed by atoms with Crippen LogP contribution in [0.25, 0.3) is 0 Å². The van der Waals surface area contributed by atoms with Crippen molar-refractivity contribution in [2.24, 2.45) is 5.92 Å². The van der Waals surface area contributed by atoms with Gasteiger partial charge in [-0.3, -0.25) is 14.9 Å². The second kappa shape index (κ2) is 8.12. The SMILES string of the molecule is CCCC(CCCl)CNC(=O)c1ccc([N+](=O)[O-])s1. The molecule has 1 aromatic rings. The van der Waals surface area contributed by atoms with E-state index in [1.54, 1.807) is 0 Å². The molecule has 106 valence electrons. The topological polar surface area (TPSA) is 72.2 Å². The van der Waals surface area contributed by atoms with Crippen LogP contribution in [0, 0.1) is 16.0 Å². The lowest BCUT2D eigenvalue weighted by Crippen LogP contribution is -2.29. The predicted octanol–water partition coefficient (Wildman–Crippen LogP) is 3.43. The van der Waals surface area contributed by atoms with Gasteiger partial charge >= 0.3 is 5.00 Å². The van der Waals surface area contributed by atoms with Crippen molar-refractivity contribution in [1.29, 1.82) is 0 Å². The normalized spacial score (nSPS) is 12.1. The molecule has 0 bridgehead atoms. The van der Waals surface area contributed by atoms with Crippen LogP contribution in [-0.4, -0.2) is 23.3 Å². The lowest BCUT2D eigenvalue weighted by atomic mass is 10.0. The lowest BCUT2D eigenvalue weighted by Gasteiger charge is -2.14. The summed E-state index contributed by atoms with van der Waals surface area (Å²) in [6.45, 7) is 2.65. The van der Waals surface area contributed by atoms with E-state index in [1.165, 1.54) is 12.1 Å². The first-order chi connectivity index (χ1) is 9.08. The summed E-state index contributed by atoms with van der Waals surface area (Å²) < 4.78 is 0. The zero-order valence-electron chi connectivity index (χ0n) is 10.7. The summed E-state index contributed by atoms with van der Waals surface area (Å²) in [6.07, 6.45) is 2.92. The number of nitro groups is 1. The molecule has 5 nitrogen and oxygen atoms in total. The van der Waals surface area contributed by atoms with Crippen LogP contribution in [0.2, 0.25) is 0 Å². The lowest BCUT2D eigenvalue weighted by molar-refractivity contribution is -0.380. The molecule has 1 heterocycles. The van der Waals surface area contributed by atoms with Gasteiger partial charge in [-0.2, -0.15) is 0 Å². The number of hydrogen-bond acceptors (Lipinski definition) is 4. The largest absolute Gasteiger partial charge is 0.351 e. The number of rotatable bonds is 8. The van der Waals surface area contributed by atoms with Crippen molar-refractivity contribution in [3.63, 3.8) is 0 Å². The molecule has 0 saturated heterocycles. The van der Waals surface area contributed by atoms with Gasteiger partial charge in [0.05, 0.1) is 9.80 Å². The fourth-order valence-electron chi connectivity index (χ4n) is 1.78. The van der Waals surface area contributed by atoms with Gasteiger partial charge in [-0.1, -0.05) is 24.7 Å². The minimum Gasteiger partial charge on any atom is -0.351 e. The van der Waals surface area contributed by atoms with Gasteiger partial charge in [0.15, 0.2) is 0 Å². The van der Waals surface area contributed by atoms with Crippen LogP contribution in [0.5, 0.6) is 0 Å². The van der Waals surface area contributed by atoms with Crippen molar-refractivity contribution >= 4 is 33.8 Å². The number of carbonyl (C=O) groups is 1. The van der Waals surface area contributed by atoms with E-state index in [0.717, 1.165) is 30.6 Å². The third-order valence-electron chi connectivity index (χ3n) is 2.76. The highest BCUT2D eigenvalue weighted by Crippen LogP contribution is 2.23. The minimum atomic E-state index is -0.491. The molecule has 0 fully saturated rings. The Hall–Kier alpha value is -1.14. The van der Waals surface area contributed by atoms with E-state index in [-0.39, 0.29) is 10.9 Å². The second-order valence-corrected chi connectivity index (χ2v) is 5.68. The number of hydrogen-bond donors (Lipinski definition) is 1. The van der Waals surface area contributed by atoms with Crippen LogP contribution in [0.15, 0.2) is 12.1 Å². The third kappa shape index (κ3) is 5.16. The van der Waals surface area contributed by atoms with E-state index < -0.39 is 4.92 Å². The molecule has 0 aliphatic heterocycles. The smallest absolute Gasteiger partial charge is 0.324 e. The highest BCUT2D eigenvalue weighted by molar-refractivity contribution is 7.17. The first-order valence-corrected chi connectivity index (χ1v) is 7.52. The van der Waals surface area contributed by atoms with Gasteiger partial charge in [-0.25, -0.2) is 0 Å². The van der Waals surface area contributed by atoms with Crippen LogP contribution in [0.3, 0.4) is 0 Å². The summed E-state index contributed by atoms with van der Waals surface area (Å²) in [5, 5.41) is 13.3. The van der Waals surface area contributed by atoms with Crippen molar-refractivity contribution in [2.45, 2.75) is 26.2 Å². The molecular weight excluding hydrogens is 288 g/mol. The van der Waals surface area contributed by atoms with E-state index in [9.17, 15) is 14.9 Å². The van der Waals surface area contributed by atoms with E-state index >= 15 is 0 Å². The fraction of sp³-hybridized carbons (Fsp3) is 0.583. The molecule has 0 radical (unpaired) electrons. The fourth-order valence-corrected chi connectivity index (χ4v) is 2.83. The predicted molar refractivity (Wildman–Crippen MR) is 77.0 cm³/mol. The highest BCUT2D eigenvalue weighted by Gasteiger charge is 2.16. The van der Waals surface area contributed by atoms with Crippen molar-refractivity contribution in [1.82, 2.24) is 5.32 Å². The Morgan fingerprint density at radius 2 is 2.26 bits per heavy atom. The average Bonchev–Trinajstić information content (AvgIpc) is 2.86. The molecule has 1 unspecified atom stereocenters. The summed E-state index contributed by atoms with van der Waals surface area (Å²) in [4.78, 5) is 22.3. The van der Waals surface area contributed by atoms with Gasteiger partial charge in [0.1, 0.15) is 0 Å². The van der Waals surface area contributed by atoms with E-state index in [4.69, 9.17) is 11.6 Å². The molecule has 1 N–H and O–H groups in total. The summed E-state index contributed by atoms with van der Waals surface area (Å²) in [5.74, 6) is 0.681. The maximum absolute atomic E-state index is 11.8. The van der Waals surface area contributed by atoms with Gasteiger partial charge in [-0.15, -0.1) is 11.6 Å². The Morgan fingerprint density at radius 1 is 1.53 bits per heavy atom. The molecule has 1 rings (SSSR count). The van der Waals surface area contributed by atoms with Crippen LogP contribution in [-0.2, 0) is 0 Å². The van der Waals surface area contributed by atoms with Gasteiger partial charge < -0.3 is 5.32 Å². The molecule has 0 spiro atoms. The van der Waals surface area contributed by atoms with Crippen LogP contribution < -0.4 is 5.32 Å². The molecule has 7 heteroatoms. The monoisotopic (exact) mass is 304 g/mol. The Labute approximate surface area is 121 Å². The van der Waals surface area contributed by atoms with Crippen LogP contribution >= 0.6 is 22.9 Å². The van der Waals surface area contributed by atoms with Crippen molar-refractivity contribution in [3.05, 3.63) is 27.1 Å². The van der Waals surface area contributed by atoms with E-state index in [2.05, 4.69) is 12.2 Å². The van der Waals surface area contributed by atoms with E-state index in [0.29, 0.717) is 23.2 Å². The molecular formula is C12H17ClN2O3S. The molecule has 0 aliphatic carbocycles. The molecule has 1 amide bonds. The summed E-state index contributed by atoms with van der Waals surface area (Å²) in [5.41, 5.74) is 0. The number of thiophene rings is 1. The summed E-state index contributed by atoms with van der Waals surface area (Å²) in [6, 6.07) is 2.83. The quantitative estimate of drug-likeness (QED) is 0.454. The number of amides is 1. The van der Waals surface area contributed by atoms with Gasteiger partial charge in [0.2, 0.25) is 0 Å². The molecule has 0 aromatic carbocycles. The third-order valence-corrected chi connectivity index (χ3v) is 4.02. The zero-order chi connectivity index (χ0) is 14.3. The first-order valence-electron chi connectivity index (χ1n) is 6.16. The van der Waals surface area contributed by atoms with Gasteiger partial charge in [-0.05, 0) is 24.8 Å². The van der Waals surface area contributed by atoms with Crippen LogP contribution in [0.4, 0.5) is 5.00 Å². The molecule has 1 aromatic heterocycles. The Balaban J connectivity index is 2.51. The zero-order valence-corrected chi connectivity index (χ0v) is 12.3. The number of carbonyl (C=O) groups excluding carboxylic acids is 1. The van der Waals surface area contributed by atoms with Crippen molar-refractivity contribution < 1.29 is 9.72 Å². The maximum atomic E-state index is 11.8. The van der Waals surface area contributed by atoms with Gasteiger partial charge in [0.25, 0.3) is 5.91 Å². The summed E-state index contributed by atoms with van der Waals surface area (Å²) in [7, 11) is 0.